The summed E-state index contributed by atoms with van der Waals surface area (Å²) in [5.74, 6) is -0.0421. The maximum Gasteiger partial charge on any atom is 0.230 e. The number of nitrogens with zero attached hydrogens (tertiary/aromatic N) is 2. The van der Waals surface area contributed by atoms with Crippen LogP contribution in [0.1, 0.15) is 12.8 Å². The summed E-state index contributed by atoms with van der Waals surface area (Å²) in [4.78, 5) is 11.8. The molecule has 0 spiro atoms. The van der Waals surface area contributed by atoms with Gasteiger partial charge in [0.25, 0.3) is 0 Å². The zero-order valence-electron chi connectivity index (χ0n) is 12.8. The second-order valence-corrected chi connectivity index (χ2v) is 7.43. The van der Waals surface area contributed by atoms with Crippen LogP contribution in [0.25, 0.3) is 0 Å². The standard InChI is InChI=1S/C15H17FN4O2S2/c16-10-3-5-11(6-4-10)18-14-19-20-15(24-14)23-9-13(21)17-8-12-2-1-7-22-12/h3-6,12H,1-2,7-9H2,(H,17,21)(H,18,19)/t12-/m0/s1. The maximum absolute atomic E-state index is 12.9. The van der Waals surface area contributed by atoms with Crippen molar-refractivity contribution in [2.45, 2.75) is 23.3 Å². The number of nitrogens with one attached hydrogen (secondary N) is 2. The summed E-state index contributed by atoms with van der Waals surface area (Å²) in [6, 6.07) is 6.00. The van der Waals surface area contributed by atoms with Gasteiger partial charge < -0.3 is 15.4 Å². The SMILES string of the molecule is O=C(CSc1nnc(Nc2ccc(F)cc2)s1)NC[C@@H]1CCCO1. The van der Waals surface area contributed by atoms with E-state index in [2.05, 4.69) is 20.8 Å². The van der Waals surface area contributed by atoms with Gasteiger partial charge in [-0.05, 0) is 37.1 Å². The largest absolute Gasteiger partial charge is 0.376 e. The third-order valence-corrected chi connectivity index (χ3v) is 5.35. The number of benzene rings is 1. The predicted molar refractivity (Wildman–Crippen MR) is 92.3 cm³/mol. The summed E-state index contributed by atoms with van der Waals surface area (Å²) < 4.78 is 19.0. The van der Waals surface area contributed by atoms with Crippen molar-refractivity contribution in [3.63, 3.8) is 0 Å². The van der Waals surface area contributed by atoms with Crippen LogP contribution < -0.4 is 10.6 Å². The van der Waals surface area contributed by atoms with Gasteiger partial charge in [-0.3, -0.25) is 4.79 Å². The number of hydrogen-bond acceptors (Lipinski definition) is 7. The van der Waals surface area contributed by atoms with Crippen LogP contribution in [0, 0.1) is 5.82 Å². The average Bonchev–Trinajstić information content (AvgIpc) is 3.25. The first-order valence-electron chi connectivity index (χ1n) is 7.56. The molecule has 0 radical (unpaired) electrons. The minimum Gasteiger partial charge on any atom is -0.376 e. The van der Waals surface area contributed by atoms with Gasteiger partial charge in [-0.15, -0.1) is 10.2 Å². The number of rotatable bonds is 7. The average molecular weight is 368 g/mol. The Morgan fingerprint density at radius 3 is 2.96 bits per heavy atom. The zero-order chi connectivity index (χ0) is 16.8. The van der Waals surface area contributed by atoms with E-state index in [1.807, 2.05) is 0 Å². The molecule has 0 bridgehead atoms. The van der Waals surface area contributed by atoms with Crippen molar-refractivity contribution in [3.05, 3.63) is 30.1 Å². The van der Waals surface area contributed by atoms with Gasteiger partial charge in [-0.2, -0.15) is 0 Å². The third-order valence-electron chi connectivity index (χ3n) is 3.38. The summed E-state index contributed by atoms with van der Waals surface area (Å²) in [5, 5.41) is 14.6. The first-order chi connectivity index (χ1) is 11.7. The quantitative estimate of drug-likeness (QED) is 0.732. The molecule has 24 heavy (non-hydrogen) atoms. The van der Waals surface area contributed by atoms with Crippen molar-refractivity contribution < 1.29 is 13.9 Å². The Labute approximate surface area is 147 Å². The highest BCUT2D eigenvalue weighted by molar-refractivity contribution is 8.01. The van der Waals surface area contributed by atoms with E-state index in [0.29, 0.717) is 16.0 Å². The van der Waals surface area contributed by atoms with E-state index >= 15 is 0 Å². The summed E-state index contributed by atoms with van der Waals surface area (Å²) >= 11 is 2.69. The molecule has 6 nitrogen and oxygen atoms in total. The van der Waals surface area contributed by atoms with Crippen LogP contribution in [0.15, 0.2) is 28.6 Å². The number of halogens is 1. The van der Waals surface area contributed by atoms with Crippen molar-refractivity contribution in [1.82, 2.24) is 15.5 Å². The van der Waals surface area contributed by atoms with Gasteiger partial charge in [0.15, 0.2) is 4.34 Å². The minimum absolute atomic E-state index is 0.0428. The van der Waals surface area contributed by atoms with Gasteiger partial charge in [-0.1, -0.05) is 23.1 Å². The summed E-state index contributed by atoms with van der Waals surface area (Å²) in [6.07, 6.45) is 2.21. The van der Waals surface area contributed by atoms with Crippen molar-refractivity contribution in [1.29, 1.82) is 0 Å². The molecule has 0 aliphatic carbocycles. The van der Waals surface area contributed by atoms with E-state index in [-0.39, 0.29) is 23.6 Å². The molecule has 1 atom stereocenters. The highest BCUT2D eigenvalue weighted by atomic mass is 32.2. The number of hydrogen-bond donors (Lipinski definition) is 2. The lowest BCUT2D eigenvalue weighted by Crippen LogP contribution is -2.32. The predicted octanol–water partition coefficient (Wildman–Crippen LogP) is 2.81. The fraction of sp³-hybridized carbons (Fsp3) is 0.400. The number of carbonyl (C=O) groups excluding carboxylic acids is 1. The number of anilines is 2. The second-order valence-electron chi connectivity index (χ2n) is 5.23. The van der Waals surface area contributed by atoms with Crippen LogP contribution in [0.2, 0.25) is 0 Å². The van der Waals surface area contributed by atoms with Crippen LogP contribution in [0.3, 0.4) is 0 Å². The molecule has 1 amide bonds. The highest BCUT2D eigenvalue weighted by Crippen LogP contribution is 2.27. The molecule has 1 saturated heterocycles. The summed E-state index contributed by atoms with van der Waals surface area (Å²) in [5.41, 5.74) is 0.735. The van der Waals surface area contributed by atoms with Gasteiger partial charge in [0, 0.05) is 18.8 Å². The fourth-order valence-corrected chi connectivity index (χ4v) is 3.79. The van der Waals surface area contributed by atoms with Crippen LogP contribution in [-0.4, -0.2) is 41.1 Å². The van der Waals surface area contributed by atoms with Crippen LogP contribution >= 0.6 is 23.1 Å². The van der Waals surface area contributed by atoms with E-state index in [4.69, 9.17) is 4.74 Å². The first-order valence-corrected chi connectivity index (χ1v) is 9.36. The smallest absolute Gasteiger partial charge is 0.230 e. The summed E-state index contributed by atoms with van der Waals surface area (Å²) in [7, 11) is 0. The monoisotopic (exact) mass is 368 g/mol. The second kappa shape index (κ2) is 8.41. The van der Waals surface area contributed by atoms with Gasteiger partial charge in [0.2, 0.25) is 11.0 Å². The third kappa shape index (κ3) is 5.15. The topological polar surface area (TPSA) is 76.1 Å². The molecule has 1 aromatic heterocycles. The first kappa shape index (κ1) is 17.1. The van der Waals surface area contributed by atoms with Crippen molar-refractivity contribution in [2.24, 2.45) is 0 Å². The number of amides is 1. The fourth-order valence-electron chi connectivity index (χ4n) is 2.19. The minimum atomic E-state index is -0.289. The molecule has 1 aliphatic heterocycles. The molecule has 9 heteroatoms. The van der Waals surface area contributed by atoms with Gasteiger partial charge in [0.1, 0.15) is 5.82 Å². The van der Waals surface area contributed by atoms with E-state index in [9.17, 15) is 9.18 Å². The normalized spacial score (nSPS) is 17.0. The molecule has 2 N–H and O–H groups in total. The molecule has 1 aliphatic rings. The van der Waals surface area contributed by atoms with Crippen molar-refractivity contribution in [2.75, 3.05) is 24.2 Å². The van der Waals surface area contributed by atoms with Crippen molar-refractivity contribution >= 4 is 39.8 Å². The van der Waals surface area contributed by atoms with E-state index in [0.717, 1.165) is 25.1 Å². The highest BCUT2D eigenvalue weighted by Gasteiger charge is 2.16. The molecule has 128 valence electrons. The van der Waals surface area contributed by atoms with Gasteiger partial charge >= 0.3 is 0 Å². The Balaban J connectivity index is 1.42. The Morgan fingerprint density at radius 1 is 1.38 bits per heavy atom. The Hall–Kier alpha value is -1.71. The Morgan fingerprint density at radius 2 is 2.21 bits per heavy atom. The Kier molecular flexibility index (Phi) is 6.00. The van der Waals surface area contributed by atoms with Gasteiger partial charge in [-0.25, -0.2) is 4.39 Å². The van der Waals surface area contributed by atoms with Crippen LogP contribution in [-0.2, 0) is 9.53 Å². The lowest BCUT2D eigenvalue weighted by Gasteiger charge is -2.09. The number of aromatic nitrogens is 2. The van der Waals surface area contributed by atoms with E-state index in [1.54, 1.807) is 12.1 Å². The van der Waals surface area contributed by atoms with Crippen molar-refractivity contribution in [3.8, 4) is 0 Å². The molecule has 1 aromatic carbocycles. The lowest BCUT2D eigenvalue weighted by molar-refractivity contribution is -0.119. The number of thioether (sulfide) groups is 1. The van der Waals surface area contributed by atoms with Crippen LogP contribution in [0.4, 0.5) is 15.2 Å². The summed E-state index contributed by atoms with van der Waals surface area (Å²) in [6.45, 7) is 1.34. The zero-order valence-corrected chi connectivity index (χ0v) is 14.5. The number of carbonyl (C=O) groups is 1. The molecule has 2 aromatic rings. The molecule has 0 saturated carbocycles. The van der Waals surface area contributed by atoms with Crippen LogP contribution in [0.5, 0.6) is 0 Å². The maximum atomic E-state index is 12.9. The van der Waals surface area contributed by atoms with Gasteiger partial charge in [0.05, 0.1) is 11.9 Å². The lowest BCUT2D eigenvalue weighted by atomic mass is 10.2. The molecular weight excluding hydrogens is 351 g/mol. The molecule has 2 heterocycles. The van der Waals surface area contributed by atoms with E-state index in [1.165, 1.54) is 35.2 Å². The molecule has 3 rings (SSSR count). The molecule has 0 unspecified atom stereocenters. The number of ether oxygens (including phenoxy) is 1. The molecule has 1 fully saturated rings. The Bertz CT molecular complexity index is 674. The molecular formula is C15H17FN4O2S2. The van der Waals surface area contributed by atoms with E-state index < -0.39 is 0 Å².